The minimum atomic E-state index is -0.0424. The molecule has 0 aliphatic carbocycles. The van der Waals surface area contributed by atoms with Crippen LogP contribution in [-0.2, 0) is 17.8 Å². The van der Waals surface area contributed by atoms with Gasteiger partial charge in [-0.25, -0.2) is 0 Å². The highest BCUT2D eigenvalue weighted by molar-refractivity contribution is 5.92. The van der Waals surface area contributed by atoms with Gasteiger partial charge in [-0.05, 0) is 41.8 Å². The minimum Gasteiger partial charge on any atom is -0.493 e. The summed E-state index contributed by atoms with van der Waals surface area (Å²) >= 11 is 0. The van der Waals surface area contributed by atoms with Crippen LogP contribution in [0.25, 0.3) is 0 Å². The molecule has 1 amide bonds. The van der Waals surface area contributed by atoms with Crippen LogP contribution in [0.5, 0.6) is 11.5 Å². The quantitative estimate of drug-likeness (QED) is 0.474. The Morgan fingerprint density at radius 1 is 1.03 bits per heavy atom. The maximum absolute atomic E-state index is 11.8. The number of amides is 1. The lowest BCUT2D eigenvalue weighted by Gasteiger charge is -2.22. The molecule has 2 rings (SSSR count). The molecule has 0 heterocycles. The van der Waals surface area contributed by atoms with E-state index in [1.54, 1.807) is 21.3 Å². The van der Waals surface area contributed by atoms with E-state index in [1.807, 2.05) is 63.4 Å². The third-order valence-corrected chi connectivity index (χ3v) is 4.95. The first-order chi connectivity index (χ1) is 14.9. The van der Waals surface area contributed by atoms with Crippen molar-refractivity contribution in [1.82, 2.24) is 10.2 Å². The maximum atomic E-state index is 11.8. The molecular weight excluding hydrogens is 392 g/mol. The van der Waals surface area contributed by atoms with Gasteiger partial charge in [-0.1, -0.05) is 32.0 Å². The van der Waals surface area contributed by atoms with Crippen LogP contribution in [0.4, 0.5) is 5.69 Å². The van der Waals surface area contributed by atoms with E-state index in [2.05, 4.69) is 20.5 Å². The lowest BCUT2D eigenvalue weighted by atomic mass is 10.1. The fourth-order valence-corrected chi connectivity index (χ4v) is 3.00. The summed E-state index contributed by atoms with van der Waals surface area (Å²) in [5, 5.41) is 6.29. The second-order valence-corrected chi connectivity index (χ2v) is 7.60. The number of hydrogen-bond acceptors (Lipinski definition) is 4. The topological polar surface area (TPSA) is 75.2 Å². The van der Waals surface area contributed by atoms with Gasteiger partial charge in [0.15, 0.2) is 17.5 Å². The Kier molecular flexibility index (Phi) is 9.18. The molecular formula is C24H34N4O3. The molecule has 168 valence electrons. The van der Waals surface area contributed by atoms with Crippen LogP contribution in [0.1, 0.15) is 25.0 Å². The van der Waals surface area contributed by atoms with Gasteiger partial charge in [0.05, 0.1) is 14.2 Å². The summed E-state index contributed by atoms with van der Waals surface area (Å²) in [6.07, 6.45) is 0.849. The first kappa shape index (κ1) is 24.1. The molecule has 2 N–H and O–H groups in total. The third-order valence-electron chi connectivity index (χ3n) is 4.95. The summed E-state index contributed by atoms with van der Waals surface area (Å²) in [6.45, 7) is 5.20. The van der Waals surface area contributed by atoms with Gasteiger partial charge in [0, 0.05) is 38.8 Å². The standard InChI is InChI=1S/C24H34N4O3/c1-17(2)23(29)27-20-10-7-19(8-11-20)16-26-24(25-3)28(4)14-13-18-9-12-21(30-5)22(15-18)31-6/h7-12,15,17H,13-14,16H2,1-6H3,(H,25,26)(H,27,29). The first-order valence-electron chi connectivity index (χ1n) is 10.4. The average molecular weight is 427 g/mol. The van der Waals surface area contributed by atoms with E-state index < -0.39 is 0 Å². The highest BCUT2D eigenvalue weighted by atomic mass is 16.5. The Morgan fingerprint density at radius 3 is 2.26 bits per heavy atom. The molecule has 0 atom stereocenters. The average Bonchev–Trinajstić information content (AvgIpc) is 2.78. The van der Waals surface area contributed by atoms with Crippen LogP contribution >= 0.6 is 0 Å². The second-order valence-electron chi connectivity index (χ2n) is 7.60. The van der Waals surface area contributed by atoms with E-state index in [-0.39, 0.29) is 11.8 Å². The molecule has 0 saturated carbocycles. The van der Waals surface area contributed by atoms with Crippen LogP contribution in [0, 0.1) is 5.92 Å². The highest BCUT2D eigenvalue weighted by Crippen LogP contribution is 2.27. The fraction of sp³-hybridized carbons (Fsp3) is 0.417. The smallest absolute Gasteiger partial charge is 0.226 e. The number of carbonyl (C=O) groups is 1. The van der Waals surface area contributed by atoms with Crippen LogP contribution in [0.3, 0.4) is 0 Å². The molecule has 0 aromatic heterocycles. The van der Waals surface area contributed by atoms with Crippen molar-refractivity contribution in [3.8, 4) is 11.5 Å². The summed E-state index contributed by atoms with van der Waals surface area (Å²) in [6, 6.07) is 13.8. The van der Waals surface area contributed by atoms with Crippen molar-refractivity contribution in [2.24, 2.45) is 10.9 Å². The largest absolute Gasteiger partial charge is 0.493 e. The van der Waals surface area contributed by atoms with Crippen molar-refractivity contribution < 1.29 is 14.3 Å². The van der Waals surface area contributed by atoms with E-state index in [0.717, 1.165) is 41.7 Å². The number of guanidine groups is 1. The van der Waals surface area contributed by atoms with E-state index >= 15 is 0 Å². The van der Waals surface area contributed by atoms with Crippen molar-refractivity contribution in [3.63, 3.8) is 0 Å². The van der Waals surface area contributed by atoms with Crippen LogP contribution < -0.4 is 20.1 Å². The molecule has 0 radical (unpaired) electrons. The molecule has 0 aliphatic heterocycles. The van der Waals surface area contributed by atoms with Gasteiger partial charge in [-0.15, -0.1) is 0 Å². The zero-order chi connectivity index (χ0) is 22.8. The molecule has 31 heavy (non-hydrogen) atoms. The van der Waals surface area contributed by atoms with E-state index in [1.165, 1.54) is 5.56 Å². The van der Waals surface area contributed by atoms with Gasteiger partial charge in [-0.3, -0.25) is 9.79 Å². The molecule has 2 aromatic carbocycles. The first-order valence-corrected chi connectivity index (χ1v) is 10.4. The number of benzene rings is 2. The summed E-state index contributed by atoms with van der Waals surface area (Å²) in [4.78, 5) is 18.3. The highest BCUT2D eigenvalue weighted by Gasteiger charge is 2.09. The molecule has 0 aliphatic rings. The lowest BCUT2D eigenvalue weighted by molar-refractivity contribution is -0.118. The summed E-state index contributed by atoms with van der Waals surface area (Å²) < 4.78 is 10.7. The zero-order valence-corrected chi connectivity index (χ0v) is 19.4. The Bertz CT molecular complexity index is 879. The molecule has 0 spiro atoms. The number of ether oxygens (including phenoxy) is 2. The summed E-state index contributed by atoms with van der Waals surface area (Å²) in [7, 11) is 7.07. The third kappa shape index (κ3) is 7.20. The van der Waals surface area contributed by atoms with Crippen LogP contribution in [0.2, 0.25) is 0 Å². The van der Waals surface area contributed by atoms with Crippen LogP contribution in [0.15, 0.2) is 47.5 Å². The van der Waals surface area contributed by atoms with Gasteiger partial charge in [0.25, 0.3) is 0 Å². The number of nitrogens with zero attached hydrogens (tertiary/aromatic N) is 2. The normalized spacial score (nSPS) is 11.3. The number of aliphatic imine (C=N–C) groups is 1. The summed E-state index contributed by atoms with van der Waals surface area (Å²) in [5.74, 6) is 2.25. The Hall–Kier alpha value is -3.22. The minimum absolute atomic E-state index is 0.0161. The van der Waals surface area contributed by atoms with Crippen molar-refractivity contribution in [2.45, 2.75) is 26.8 Å². The number of likely N-dealkylation sites (N-methyl/N-ethyl adjacent to an activating group) is 1. The van der Waals surface area contributed by atoms with E-state index in [9.17, 15) is 4.79 Å². The monoisotopic (exact) mass is 426 g/mol. The van der Waals surface area contributed by atoms with Gasteiger partial charge in [0.1, 0.15) is 0 Å². The Balaban J connectivity index is 1.88. The molecule has 0 fully saturated rings. The van der Waals surface area contributed by atoms with E-state index in [0.29, 0.717) is 6.54 Å². The number of anilines is 1. The number of carbonyl (C=O) groups excluding carboxylic acids is 1. The van der Waals surface area contributed by atoms with E-state index in [4.69, 9.17) is 9.47 Å². The zero-order valence-electron chi connectivity index (χ0n) is 19.4. The predicted molar refractivity (Wildman–Crippen MR) is 126 cm³/mol. The number of nitrogens with one attached hydrogen (secondary N) is 2. The van der Waals surface area contributed by atoms with Gasteiger partial charge in [0.2, 0.25) is 5.91 Å². The number of hydrogen-bond donors (Lipinski definition) is 2. The van der Waals surface area contributed by atoms with Crippen molar-refractivity contribution >= 4 is 17.6 Å². The Morgan fingerprint density at radius 2 is 1.68 bits per heavy atom. The fourth-order valence-electron chi connectivity index (χ4n) is 3.00. The van der Waals surface area contributed by atoms with Gasteiger partial charge >= 0.3 is 0 Å². The van der Waals surface area contributed by atoms with Gasteiger partial charge < -0.3 is 25.0 Å². The van der Waals surface area contributed by atoms with Crippen LogP contribution in [-0.4, -0.2) is 51.6 Å². The SMILES string of the molecule is CN=C(NCc1ccc(NC(=O)C(C)C)cc1)N(C)CCc1ccc(OC)c(OC)c1. The molecule has 0 bridgehead atoms. The van der Waals surface area contributed by atoms with Crippen molar-refractivity contribution in [1.29, 1.82) is 0 Å². The molecule has 7 heteroatoms. The predicted octanol–water partition coefficient (Wildman–Crippen LogP) is 3.55. The summed E-state index contributed by atoms with van der Waals surface area (Å²) in [5.41, 5.74) is 3.08. The van der Waals surface area contributed by atoms with Crippen molar-refractivity contribution in [2.75, 3.05) is 40.2 Å². The molecule has 7 nitrogen and oxygen atoms in total. The maximum Gasteiger partial charge on any atom is 0.226 e. The lowest BCUT2D eigenvalue weighted by Crippen LogP contribution is -2.39. The molecule has 0 saturated heterocycles. The molecule has 0 unspecified atom stereocenters. The Labute approximate surface area is 185 Å². The number of methoxy groups -OCH3 is 2. The van der Waals surface area contributed by atoms with Gasteiger partial charge in [-0.2, -0.15) is 0 Å². The van der Waals surface area contributed by atoms with Crippen molar-refractivity contribution in [3.05, 3.63) is 53.6 Å². The number of rotatable bonds is 9. The second kappa shape index (κ2) is 11.8. The molecule has 2 aromatic rings.